The molecule has 0 bridgehead atoms. The van der Waals surface area contributed by atoms with E-state index in [-0.39, 0.29) is 17.0 Å². The molecule has 7 heteroatoms. The Morgan fingerprint density at radius 2 is 2.00 bits per heavy atom. The number of halogens is 1. The first-order valence-electron chi connectivity index (χ1n) is 6.80. The van der Waals surface area contributed by atoms with E-state index in [0.717, 1.165) is 12.1 Å². The summed E-state index contributed by atoms with van der Waals surface area (Å²) in [4.78, 5) is 37.3. The van der Waals surface area contributed by atoms with Gasteiger partial charge in [-0.3, -0.25) is 19.3 Å². The van der Waals surface area contributed by atoms with Gasteiger partial charge in [0.15, 0.2) is 5.78 Å². The maximum Gasteiger partial charge on any atom is 0.304 e. The van der Waals surface area contributed by atoms with E-state index in [1.54, 1.807) is 0 Å². The fraction of sp³-hybridized carbons (Fsp3) is 0.267. The molecular formula is C15H13FN2O4. The van der Waals surface area contributed by atoms with Crippen LogP contribution in [0.5, 0.6) is 0 Å². The van der Waals surface area contributed by atoms with Crippen molar-refractivity contribution < 1.29 is 23.9 Å². The number of benzene rings is 1. The summed E-state index contributed by atoms with van der Waals surface area (Å²) in [6, 6.07) is 4.96. The molecule has 1 aromatic carbocycles. The second kappa shape index (κ2) is 5.25. The third-order valence-electron chi connectivity index (χ3n) is 3.80. The van der Waals surface area contributed by atoms with Gasteiger partial charge in [0.1, 0.15) is 11.6 Å². The Hall–Kier alpha value is -2.70. The molecule has 2 aliphatic rings. The first-order chi connectivity index (χ1) is 10.5. The molecule has 1 fully saturated rings. The Balaban J connectivity index is 2.02. The molecule has 0 unspecified atom stereocenters. The summed E-state index contributed by atoms with van der Waals surface area (Å²) in [6.07, 6.45) is -0.442. The van der Waals surface area contributed by atoms with Gasteiger partial charge >= 0.3 is 5.97 Å². The van der Waals surface area contributed by atoms with Crippen molar-refractivity contribution in [1.29, 1.82) is 0 Å². The molecule has 1 amide bonds. The number of nitrogens with one attached hydrogen (secondary N) is 1. The SMILES string of the molecule is O=C(O)C[C@H]1C(=O)N2CCNC2=C1C(=O)c1ccc(F)cc1. The average Bonchev–Trinajstić information content (AvgIpc) is 3.03. The molecule has 1 saturated heterocycles. The van der Waals surface area contributed by atoms with E-state index in [9.17, 15) is 18.8 Å². The van der Waals surface area contributed by atoms with Crippen molar-refractivity contribution in [2.75, 3.05) is 13.1 Å². The number of aliphatic carboxylic acids is 1. The summed E-state index contributed by atoms with van der Waals surface area (Å²) in [6.45, 7) is 0.922. The van der Waals surface area contributed by atoms with Crippen LogP contribution in [0.4, 0.5) is 4.39 Å². The van der Waals surface area contributed by atoms with E-state index in [1.807, 2.05) is 0 Å². The second-order valence-corrected chi connectivity index (χ2v) is 5.17. The number of hydrogen-bond acceptors (Lipinski definition) is 4. The quantitative estimate of drug-likeness (QED) is 0.802. The van der Waals surface area contributed by atoms with Crippen molar-refractivity contribution in [3.63, 3.8) is 0 Å². The number of carboxylic acids is 1. The van der Waals surface area contributed by atoms with Crippen LogP contribution in [0.3, 0.4) is 0 Å². The number of carbonyl (C=O) groups is 3. The summed E-state index contributed by atoms with van der Waals surface area (Å²) in [7, 11) is 0. The highest BCUT2D eigenvalue weighted by Crippen LogP contribution is 2.34. The highest BCUT2D eigenvalue weighted by Gasteiger charge is 2.45. The molecule has 0 aliphatic carbocycles. The molecule has 114 valence electrons. The number of rotatable bonds is 4. The van der Waals surface area contributed by atoms with E-state index < -0.39 is 29.9 Å². The van der Waals surface area contributed by atoms with Crippen molar-refractivity contribution in [3.8, 4) is 0 Å². The van der Waals surface area contributed by atoms with Crippen LogP contribution < -0.4 is 5.32 Å². The number of carbonyl (C=O) groups excluding carboxylic acids is 2. The van der Waals surface area contributed by atoms with E-state index in [4.69, 9.17) is 5.11 Å². The molecule has 2 N–H and O–H groups in total. The van der Waals surface area contributed by atoms with Crippen molar-refractivity contribution in [2.45, 2.75) is 6.42 Å². The van der Waals surface area contributed by atoms with Gasteiger partial charge in [0.25, 0.3) is 0 Å². The molecule has 0 saturated carbocycles. The number of fused-ring (bicyclic) bond motifs is 1. The highest BCUT2D eigenvalue weighted by molar-refractivity contribution is 6.15. The van der Waals surface area contributed by atoms with Crippen molar-refractivity contribution in [3.05, 3.63) is 47.0 Å². The first-order valence-corrected chi connectivity index (χ1v) is 6.80. The minimum Gasteiger partial charge on any atom is -0.481 e. The molecule has 6 nitrogen and oxygen atoms in total. The predicted molar refractivity (Wildman–Crippen MR) is 73.2 cm³/mol. The van der Waals surface area contributed by atoms with Crippen molar-refractivity contribution in [2.24, 2.45) is 5.92 Å². The van der Waals surface area contributed by atoms with Crippen LogP contribution in [0.2, 0.25) is 0 Å². The van der Waals surface area contributed by atoms with E-state index in [0.29, 0.717) is 18.9 Å². The monoisotopic (exact) mass is 304 g/mol. The lowest BCUT2D eigenvalue weighted by Crippen LogP contribution is -2.29. The Morgan fingerprint density at radius 1 is 1.32 bits per heavy atom. The molecular weight excluding hydrogens is 291 g/mol. The Bertz CT molecular complexity index is 696. The standard InChI is InChI=1S/C15H13FN2O4/c16-9-3-1-8(2-4-9)13(21)12-10(7-11(19)20)15(22)18-6-5-17-14(12)18/h1-4,10,17H,5-7H2,(H,19,20)/t10-/m1/s1. The second-order valence-electron chi connectivity index (χ2n) is 5.17. The Morgan fingerprint density at radius 3 is 2.64 bits per heavy atom. The summed E-state index contributed by atoms with van der Waals surface area (Å²) in [5, 5.41) is 11.9. The lowest BCUT2D eigenvalue weighted by molar-refractivity contribution is -0.141. The molecule has 1 aromatic rings. The average molecular weight is 304 g/mol. The predicted octanol–water partition coefficient (Wildman–Crippen LogP) is 0.756. The zero-order valence-corrected chi connectivity index (χ0v) is 11.5. The molecule has 3 rings (SSSR count). The van der Waals surface area contributed by atoms with Crippen LogP contribution >= 0.6 is 0 Å². The molecule has 0 spiro atoms. The number of Topliss-reactive ketones (excluding diaryl/α,β-unsaturated/α-hetero) is 1. The first kappa shape index (κ1) is 14.2. The number of carboxylic acid groups (broad SMARTS) is 1. The Labute approximate surface area is 125 Å². The summed E-state index contributed by atoms with van der Waals surface area (Å²) in [5.41, 5.74) is 0.374. The van der Waals surface area contributed by atoms with E-state index in [1.165, 1.54) is 17.0 Å². The van der Waals surface area contributed by atoms with Gasteiger partial charge in [-0.25, -0.2) is 4.39 Å². The maximum atomic E-state index is 13.0. The summed E-state index contributed by atoms with van der Waals surface area (Å²) in [5.74, 6) is -3.08. The van der Waals surface area contributed by atoms with Gasteiger partial charge < -0.3 is 10.4 Å². The van der Waals surface area contributed by atoms with Gasteiger partial charge in [0.2, 0.25) is 5.91 Å². The number of ketones is 1. The minimum atomic E-state index is -1.15. The Kier molecular flexibility index (Phi) is 3.40. The van der Waals surface area contributed by atoms with Crippen LogP contribution in [-0.4, -0.2) is 40.8 Å². The third-order valence-corrected chi connectivity index (χ3v) is 3.80. The van der Waals surface area contributed by atoms with E-state index >= 15 is 0 Å². The molecule has 0 radical (unpaired) electrons. The molecule has 0 aromatic heterocycles. The van der Waals surface area contributed by atoms with Gasteiger partial charge in [-0.05, 0) is 24.3 Å². The molecule has 1 atom stereocenters. The normalized spacial score (nSPS) is 20.1. The lowest BCUT2D eigenvalue weighted by Gasteiger charge is -2.12. The molecule has 2 aliphatic heterocycles. The highest BCUT2D eigenvalue weighted by atomic mass is 19.1. The minimum absolute atomic E-state index is 0.150. The van der Waals surface area contributed by atoms with Gasteiger partial charge in [0.05, 0.1) is 17.9 Å². The van der Waals surface area contributed by atoms with Crippen LogP contribution in [0.25, 0.3) is 0 Å². The van der Waals surface area contributed by atoms with Crippen LogP contribution in [0.15, 0.2) is 35.7 Å². The number of hydrogen-bond donors (Lipinski definition) is 2. The lowest BCUT2D eigenvalue weighted by atomic mass is 9.91. The zero-order valence-electron chi connectivity index (χ0n) is 11.5. The fourth-order valence-electron chi connectivity index (χ4n) is 2.82. The summed E-state index contributed by atoms with van der Waals surface area (Å²) >= 11 is 0. The largest absolute Gasteiger partial charge is 0.481 e. The van der Waals surface area contributed by atoms with Crippen LogP contribution in [0, 0.1) is 11.7 Å². The van der Waals surface area contributed by atoms with E-state index in [2.05, 4.69) is 5.32 Å². The maximum absolute atomic E-state index is 13.0. The van der Waals surface area contributed by atoms with Gasteiger partial charge in [-0.2, -0.15) is 0 Å². The fourth-order valence-corrected chi connectivity index (χ4v) is 2.82. The van der Waals surface area contributed by atoms with Gasteiger partial charge in [-0.1, -0.05) is 0 Å². The van der Waals surface area contributed by atoms with Gasteiger partial charge in [-0.15, -0.1) is 0 Å². The van der Waals surface area contributed by atoms with Crippen molar-refractivity contribution in [1.82, 2.24) is 10.2 Å². The van der Waals surface area contributed by atoms with Crippen LogP contribution in [-0.2, 0) is 9.59 Å². The van der Waals surface area contributed by atoms with Gasteiger partial charge in [0, 0.05) is 18.7 Å². The van der Waals surface area contributed by atoms with Crippen LogP contribution in [0.1, 0.15) is 16.8 Å². The van der Waals surface area contributed by atoms with Crippen molar-refractivity contribution >= 4 is 17.7 Å². The third kappa shape index (κ3) is 2.24. The topological polar surface area (TPSA) is 86.7 Å². The number of amides is 1. The zero-order chi connectivity index (χ0) is 15.9. The molecule has 22 heavy (non-hydrogen) atoms. The summed E-state index contributed by atoms with van der Waals surface area (Å²) < 4.78 is 13.0. The number of nitrogens with zero attached hydrogens (tertiary/aromatic N) is 1. The smallest absolute Gasteiger partial charge is 0.304 e. The molecule has 2 heterocycles.